The van der Waals surface area contributed by atoms with Gasteiger partial charge in [-0.2, -0.15) is 0 Å². The van der Waals surface area contributed by atoms with Gasteiger partial charge in [-0.3, -0.25) is 9.59 Å². The Kier molecular flexibility index (Phi) is 7.41. The third-order valence-corrected chi connectivity index (χ3v) is 3.52. The number of halogens is 1. The van der Waals surface area contributed by atoms with Crippen LogP contribution in [0.2, 0.25) is 0 Å². The summed E-state index contributed by atoms with van der Waals surface area (Å²) in [5.74, 6) is -1.15. The van der Waals surface area contributed by atoms with E-state index < -0.39 is 17.5 Å². The van der Waals surface area contributed by atoms with Gasteiger partial charge in [-0.05, 0) is 44.5 Å². The maximum Gasteiger partial charge on any atom is 0.338 e. The molecule has 0 bridgehead atoms. The topological polar surface area (TPSA) is 81.7 Å². The molecule has 0 aliphatic heterocycles. The van der Waals surface area contributed by atoms with Gasteiger partial charge >= 0.3 is 11.9 Å². The largest absolute Gasteiger partial charge is 0.465 e. The first kappa shape index (κ1) is 20.2. The fraction of sp³-hybridized carbons (Fsp3) is 0.471. The Morgan fingerprint density at radius 1 is 1.17 bits per heavy atom. The minimum atomic E-state index is -0.567. The molecule has 1 rings (SSSR count). The lowest BCUT2D eigenvalue weighted by Crippen LogP contribution is -2.24. The summed E-state index contributed by atoms with van der Waals surface area (Å²) in [5.41, 5.74) is 1.11. The quantitative estimate of drug-likeness (QED) is 0.585. The Labute approximate surface area is 150 Å². The molecule has 1 aromatic rings. The Morgan fingerprint density at radius 2 is 1.83 bits per heavy atom. The van der Waals surface area contributed by atoms with E-state index in [0.29, 0.717) is 22.1 Å². The fourth-order valence-corrected chi connectivity index (χ4v) is 2.39. The number of benzene rings is 1. The highest BCUT2D eigenvalue weighted by Gasteiger charge is 2.17. The monoisotopic (exact) mass is 399 g/mol. The Morgan fingerprint density at radius 3 is 2.38 bits per heavy atom. The second-order valence-electron chi connectivity index (χ2n) is 6.13. The molecule has 0 saturated heterocycles. The number of esters is 2. The van der Waals surface area contributed by atoms with Gasteiger partial charge in [0.25, 0.3) is 0 Å². The molecule has 0 unspecified atom stereocenters. The van der Waals surface area contributed by atoms with Crippen molar-refractivity contribution in [2.24, 2.45) is 0 Å². The summed E-state index contributed by atoms with van der Waals surface area (Å²) in [5, 5.41) is 3.14. The van der Waals surface area contributed by atoms with Gasteiger partial charge in [0.05, 0.1) is 19.1 Å². The van der Waals surface area contributed by atoms with Crippen LogP contribution in [0.4, 0.5) is 5.69 Å². The molecule has 0 aliphatic rings. The number of alkyl halides is 1. The normalized spacial score (nSPS) is 10.9. The van der Waals surface area contributed by atoms with E-state index in [-0.39, 0.29) is 18.7 Å². The summed E-state index contributed by atoms with van der Waals surface area (Å²) < 4.78 is 9.86. The predicted molar refractivity (Wildman–Crippen MR) is 94.1 cm³/mol. The minimum Gasteiger partial charge on any atom is -0.465 e. The molecular formula is C17H22BrNO5. The highest BCUT2D eigenvalue weighted by atomic mass is 79.9. The van der Waals surface area contributed by atoms with Crippen molar-refractivity contribution in [2.45, 2.75) is 44.5 Å². The van der Waals surface area contributed by atoms with Gasteiger partial charge in [-0.25, -0.2) is 4.79 Å². The first-order valence-corrected chi connectivity index (χ1v) is 8.57. The average Bonchev–Trinajstić information content (AvgIpc) is 2.50. The van der Waals surface area contributed by atoms with Crippen LogP contribution in [-0.2, 0) is 24.4 Å². The zero-order chi connectivity index (χ0) is 18.3. The van der Waals surface area contributed by atoms with Crippen LogP contribution in [0, 0.1) is 0 Å². The summed E-state index contributed by atoms with van der Waals surface area (Å²) in [6, 6.07) is 4.89. The van der Waals surface area contributed by atoms with Crippen LogP contribution < -0.4 is 5.32 Å². The molecule has 1 N–H and O–H groups in total. The summed E-state index contributed by atoms with van der Waals surface area (Å²) in [6.45, 7) is 5.32. The highest BCUT2D eigenvalue weighted by molar-refractivity contribution is 9.08. The number of carbonyl (C=O) groups excluding carboxylic acids is 3. The van der Waals surface area contributed by atoms with Crippen LogP contribution in [0.3, 0.4) is 0 Å². The zero-order valence-electron chi connectivity index (χ0n) is 14.3. The van der Waals surface area contributed by atoms with Gasteiger partial charge in [0.2, 0.25) is 5.91 Å². The summed E-state index contributed by atoms with van der Waals surface area (Å²) in [4.78, 5) is 35.2. The smallest absolute Gasteiger partial charge is 0.338 e. The molecule has 132 valence electrons. The van der Waals surface area contributed by atoms with Crippen molar-refractivity contribution in [3.8, 4) is 0 Å². The molecule has 0 atom stereocenters. The van der Waals surface area contributed by atoms with E-state index in [1.165, 1.54) is 7.11 Å². The number of anilines is 1. The highest BCUT2D eigenvalue weighted by Crippen LogP contribution is 2.20. The van der Waals surface area contributed by atoms with Crippen LogP contribution in [0.1, 0.15) is 49.5 Å². The zero-order valence-corrected chi connectivity index (χ0v) is 15.9. The fourth-order valence-electron chi connectivity index (χ4n) is 1.92. The summed E-state index contributed by atoms with van der Waals surface area (Å²) in [6.07, 6.45) is 0.0337. The second kappa shape index (κ2) is 8.82. The van der Waals surface area contributed by atoms with Crippen LogP contribution >= 0.6 is 15.9 Å². The maximum absolute atomic E-state index is 11.9. The average molecular weight is 400 g/mol. The van der Waals surface area contributed by atoms with Gasteiger partial charge in [0, 0.05) is 17.4 Å². The van der Waals surface area contributed by atoms with Gasteiger partial charge in [-0.15, -0.1) is 0 Å². The molecule has 0 aliphatic carbocycles. The van der Waals surface area contributed by atoms with E-state index in [1.807, 2.05) is 0 Å². The Hall–Kier alpha value is -1.89. The number of rotatable bonds is 6. The molecule has 0 radical (unpaired) electrons. The van der Waals surface area contributed by atoms with E-state index in [0.717, 1.165) is 0 Å². The number of ether oxygens (including phenoxy) is 2. The molecule has 7 heteroatoms. The molecule has 6 nitrogen and oxygen atoms in total. The molecular weight excluding hydrogens is 378 g/mol. The lowest BCUT2D eigenvalue weighted by Gasteiger charge is -2.19. The van der Waals surface area contributed by atoms with Crippen molar-refractivity contribution in [1.29, 1.82) is 0 Å². The van der Waals surface area contributed by atoms with E-state index >= 15 is 0 Å². The van der Waals surface area contributed by atoms with Crippen LogP contribution in [-0.4, -0.2) is 30.6 Å². The number of methoxy groups -OCH3 is 1. The standard InChI is InChI=1S/C17H22BrNO5/c1-17(2,3)24-15(21)8-7-14(20)19-12-5-6-13(16(22)23-4)11(9-12)10-18/h5-6,9H,7-8,10H2,1-4H3,(H,19,20). The van der Waals surface area contributed by atoms with Crippen LogP contribution in [0.25, 0.3) is 0 Å². The van der Waals surface area contributed by atoms with Crippen LogP contribution in [0.15, 0.2) is 18.2 Å². The number of carbonyl (C=O) groups is 3. The van der Waals surface area contributed by atoms with Crippen molar-refractivity contribution in [1.82, 2.24) is 0 Å². The molecule has 1 amide bonds. The molecule has 0 aromatic heterocycles. The van der Waals surface area contributed by atoms with Gasteiger partial charge in [0.1, 0.15) is 5.60 Å². The number of hydrogen-bond donors (Lipinski definition) is 1. The third-order valence-electron chi connectivity index (χ3n) is 2.91. The molecule has 0 fully saturated rings. The first-order chi connectivity index (χ1) is 11.2. The molecule has 1 aromatic carbocycles. The van der Waals surface area contributed by atoms with Crippen molar-refractivity contribution in [3.05, 3.63) is 29.3 Å². The number of hydrogen-bond acceptors (Lipinski definition) is 5. The van der Waals surface area contributed by atoms with E-state index in [2.05, 4.69) is 21.2 Å². The number of nitrogens with one attached hydrogen (secondary N) is 1. The van der Waals surface area contributed by atoms with E-state index in [4.69, 9.17) is 9.47 Å². The van der Waals surface area contributed by atoms with Gasteiger partial charge in [0.15, 0.2) is 0 Å². The Bertz CT molecular complexity index is 622. The minimum absolute atomic E-state index is 0.00858. The third kappa shape index (κ3) is 6.70. The predicted octanol–water partition coefficient (Wildman–Crippen LogP) is 3.43. The molecule has 0 saturated carbocycles. The summed E-state index contributed by atoms with van der Waals surface area (Å²) in [7, 11) is 1.31. The second-order valence-corrected chi connectivity index (χ2v) is 6.69. The van der Waals surface area contributed by atoms with Crippen molar-refractivity contribution >= 4 is 39.5 Å². The van der Waals surface area contributed by atoms with E-state index in [1.54, 1.807) is 39.0 Å². The molecule has 0 spiro atoms. The van der Waals surface area contributed by atoms with Gasteiger partial charge < -0.3 is 14.8 Å². The molecule has 24 heavy (non-hydrogen) atoms. The van der Waals surface area contributed by atoms with Crippen LogP contribution in [0.5, 0.6) is 0 Å². The summed E-state index contributed by atoms with van der Waals surface area (Å²) >= 11 is 3.30. The van der Waals surface area contributed by atoms with Crippen molar-refractivity contribution in [2.75, 3.05) is 12.4 Å². The van der Waals surface area contributed by atoms with Crippen molar-refractivity contribution < 1.29 is 23.9 Å². The van der Waals surface area contributed by atoms with Crippen molar-refractivity contribution in [3.63, 3.8) is 0 Å². The maximum atomic E-state index is 11.9. The Balaban J connectivity index is 2.64. The lowest BCUT2D eigenvalue weighted by atomic mass is 10.1. The first-order valence-electron chi connectivity index (χ1n) is 7.45. The lowest BCUT2D eigenvalue weighted by molar-refractivity contribution is -0.155. The van der Waals surface area contributed by atoms with Gasteiger partial charge in [-0.1, -0.05) is 15.9 Å². The molecule has 0 heterocycles. The van der Waals surface area contributed by atoms with E-state index in [9.17, 15) is 14.4 Å². The SMILES string of the molecule is COC(=O)c1ccc(NC(=O)CCC(=O)OC(C)(C)C)cc1CBr. The number of amides is 1.